The Bertz CT molecular complexity index is 101. The molecule has 0 saturated carbocycles. The lowest BCUT2D eigenvalue weighted by atomic mass is 10.3. The van der Waals surface area contributed by atoms with Crippen molar-refractivity contribution in [2.24, 2.45) is 0 Å². The Hall–Kier alpha value is 0.240. The van der Waals surface area contributed by atoms with Crippen LogP contribution < -0.4 is 5.32 Å². The van der Waals surface area contributed by atoms with E-state index in [1.165, 1.54) is 0 Å². The molecule has 1 fully saturated rings. The zero-order chi connectivity index (χ0) is 6.15. The Morgan fingerprint density at radius 2 is 2.25 bits per heavy atom. The Kier molecular flexibility index (Phi) is 1.77. The lowest BCUT2D eigenvalue weighted by Crippen LogP contribution is -2.25. The van der Waals surface area contributed by atoms with E-state index in [0.717, 1.165) is 4.32 Å². The molecule has 0 aromatic heterocycles. The van der Waals surface area contributed by atoms with E-state index in [2.05, 4.69) is 19.2 Å². The van der Waals surface area contributed by atoms with Gasteiger partial charge in [0.25, 0.3) is 0 Å². The minimum Gasteiger partial charge on any atom is -0.367 e. The summed E-state index contributed by atoms with van der Waals surface area (Å²) in [4.78, 5) is 0. The third kappa shape index (κ3) is 1.14. The van der Waals surface area contributed by atoms with Gasteiger partial charge in [-0.25, -0.2) is 0 Å². The second-order valence-corrected chi connectivity index (χ2v) is 4.10. The first-order valence-corrected chi connectivity index (χ1v) is 3.96. The van der Waals surface area contributed by atoms with Gasteiger partial charge in [-0.2, -0.15) is 0 Å². The van der Waals surface area contributed by atoms with Crippen LogP contribution >= 0.6 is 24.0 Å². The van der Waals surface area contributed by atoms with Crippen LogP contribution in [0.3, 0.4) is 0 Å². The number of thiocarbonyl (C=S) groups is 1. The fourth-order valence-corrected chi connectivity index (χ4v) is 2.11. The lowest BCUT2D eigenvalue weighted by molar-refractivity contribution is 0.682. The van der Waals surface area contributed by atoms with Crippen LogP contribution in [0.2, 0.25) is 0 Å². The molecule has 3 heteroatoms. The topological polar surface area (TPSA) is 12.0 Å². The second-order valence-electron chi connectivity index (χ2n) is 2.04. The summed E-state index contributed by atoms with van der Waals surface area (Å²) in [7, 11) is 0. The van der Waals surface area contributed by atoms with Gasteiger partial charge < -0.3 is 5.32 Å². The molecule has 1 rings (SSSR count). The van der Waals surface area contributed by atoms with Gasteiger partial charge in [-0.05, 0) is 6.92 Å². The standard InChI is InChI=1S/C5H9NS2/c1-3-4(2)8-5(7)6-3/h3-4H,1-2H3,(H,6,7)/t3-,4+/m1/s1. The molecule has 8 heavy (non-hydrogen) atoms. The van der Waals surface area contributed by atoms with Crippen LogP contribution in [-0.4, -0.2) is 15.6 Å². The molecule has 0 aromatic rings. The number of hydrogen-bond acceptors (Lipinski definition) is 2. The average molecular weight is 147 g/mol. The molecule has 0 unspecified atom stereocenters. The van der Waals surface area contributed by atoms with Crippen molar-refractivity contribution in [3.05, 3.63) is 0 Å². The fourth-order valence-electron chi connectivity index (χ4n) is 0.608. The molecule has 1 N–H and O–H groups in total. The molecule has 0 bridgehead atoms. The van der Waals surface area contributed by atoms with Gasteiger partial charge in [0.2, 0.25) is 0 Å². The molecule has 1 aliphatic heterocycles. The van der Waals surface area contributed by atoms with Gasteiger partial charge in [-0.15, -0.1) is 0 Å². The molecular formula is C5H9NS2. The van der Waals surface area contributed by atoms with Crippen molar-refractivity contribution in [3.63, 3.8) is 0 Å². The SMILES string of the molecule is C[C@@H]1SC(=S)N[C@@H]1C. The van der Waals surface area contributed by atoms with Crippen molar-refractivity contribution in [2.45, 2.75) is 25.1 Å². The first kappa shape index (κ1) is 6.36. The minimum absolute atomic E-state index is 0.562. The van der Waals surface area contributed by atoms with Crippen LogP contribution in [0.1, 0.15) is 13.8 Å². The van der Waals surface area contributed by atoms with Gasteiger partial charge in [-0.3, -0.25) is 0 Å². The summed E-state index contributed by atoms with van der Waals surface area (Å²) in [5.41, 5.74) is 0. The van der Waals surface area contributed by atoms with Crippen molar-refractivity contribution in [1.29, 1.82) is 0 Å². The van der Waals surface area contributed by atoms with Crippen LogP contribution in [-0.2, 0) is 0 Å². The lowest BCUT2D eigenvalue weighted by Gasteiger charge is -2.04. The van der Waals surface area contributed by atoms with Crippen molar-refractivity contribution >= 4 is 28.3 Å². The Morgan fingerprint density at radius 1 is 1.62 bits per heavy atom. The maximum Gasteiger partial charge on any atom is 0.134 e. The van der Waals surface area contributed by atoms with E-state index >= 15 is 0 Å². The van der Waals surface area contributed by atoms with Crippen LogP contribution in [0, 0.1) is 0 Å². The highest BCUT2D eigenvalue weighted by Crippen LogP contribution is 2.21. The summed E-state index contributed by atoms with van der Waals surface area (Å²) >= 11 is 6.67. The third-order valence-electron chi connectivity index (χ3n) is 1.34. The van der Waals surface area contributed by atoms with E-state index in [1.807, 2.05) is 0 Å². The van der Waals surface area contributed by atoms with Crippen molar-refractivity contribution in [1.82, 2.24) is 5.32 Å². The van der Waals surface area contributed by atoms with Gasteiger partial charge in [-0.1, -0.05) is 30.9 Å². The van der Waals surface area contributed by atoms with E-state index in [-0.39, 0.29) is 0 Å². The smallest absolute Gasteiger partial charge is 0.134 e. The molecule has 0 aliphatic carbocycles. The molecule has 1 aliphatic rings. The van der Waals surface area contributed by atoms with E-state index < -0.39 is 0 Å². The summed E-state index contributed by atoms with van der Waals surface area (Å²) in [6.07, 6.45) is 0. The van der Waals surface area contributed by atoms with Crippen LogP contribution in [0.15, 0.2) is 0 Å². The summed E-state index contributed by atoms with van der Waals surface area (Å²) < 4.78 is 0.949. The van der Waals surface area contributed by atoms with Gasteiger partial charge in [0, 0.05) is 11.3 Å². The maximum absolute atomic E-state index is 4.92. The summed E-state index contributed by atoms with van der Waals surface area (Å²) in [6.45, 7) is 4.33. The second kappa shape index (κ2) is 2.23. The zero-order valence-electron chi connectivity index (χ0n) is 4.97. The van der Waals surface area contributed by atoms with Crippen molar-refractivity contribution in [2.75, 3.05) is 0 Å². The quantitative estimate of drug-likeness (QED) is 0.520. The maximum atomic E-state index is 4.92. The summed E-state index contributed by atoms with van der Waals surface area (Å²) in [5.74, 6) is 0. The Morgan fingerprint density at radius 3 is 2.38 bits per heavy atom. The molecule has 0 radical (unpaired) electrons. The van der Waals surface area contributed by atoms with E-state index in [4.69, 9.17) is 12.2 Å². The van der Waals surface area contributed by atoms with Gasteiger partial charge >= 0.3 is 0 Å². The number of thioether (sulfide) groups is 1. The minimum atomic E-state index is 0.562. The molecule has 1 heterocycles. The molecule has 46 valence electrons. The summed E-state index contributed by atoms with van der Waals surface area (Å²) in [5, 5.41) is 3.82. The largest absolute Gasteiger partial charge is 0.367 e. The van der Waals surface area contributed by atoms with E-state index in [9.17, 15) is 0 Å². The molecule has 1 saturated heterocycles. The molecule has 0 amide bonds. The predicted molar refractivity (Wildman–Crippen MR) is 42.2 cm³/mol. The first-order valence-electron chi connectivity index (χ1n) is 2.67. The highest BCUT2D eigenvalue weighted by atomic mass is 32.2. The Balaban J connectivity index is 2.51. The Labute approximate surface area is 59.2 Å². The van der Waals surface area contributed by atoms with Crippen LogP contribution in [0.4, 0.5) is 0 Å². The van der Waals surface area contributed by atoms with Crippen molar-refractivity contribution in [3.8, 4) is 0 Å². The zero-order valence-corrected chi connectivity index (χ0v) is 6.60. The molecule has 0 spiro atoms. The van der Waals surface area contributed by atoms with Crippen molar-refractivity contribution < 1.29 is 0 Å². The number of nitrogens with one attached hydrogen (secondary N) is 1. The molecule has 1 nitrogen and oxygen atoms in total. The van der Waals surface area contributed by atoms with Gasteiger partial charge in [0.1, 0.15) is 4.32 Å². The third-order valence-corrected chi connectivity index (χ3v) is 2.86. The van der Waals surface area contributed by atoms with Crippen LogP contribution in [0.5, 0.6) is 0 Å². The average Bonchev–Trinajstić information content (AvgIpc) is 1.85. The highest BCUT2D eigenvalue weighted by Gasteiger charge is 2.22. The fraction of sp³-hybridized carbons (Fsp3) is 0.800. The van der Waals surface area contributed by atoms with Gasteiger partial charge in [0.05, 0.1) is 0 Å². The summed E-state index contributed by atoms with van der Waals surface area (Å²) in [6, 6.07) is 0.562. The molecule has 2 atom stereocenters. The number of rotatable bonds is 0. The normalized spacial score (nSPS) is 37.5. The van der Waals surface area contributed by atoms with E-state index in [0.29, 0.717) is 11.3 Å². The molecular weight excluding hydrogens is 138 g/mol. The van der Waals surface area contributed by atoms with Gasteiger partial charge in [0.15, 0.2) is 0 Å². The monoisotopic (exact) mass is 147 g/mol. The number of hydrogen-bond donors (Lipinski definition) is 1. The molecule has 0 aromatic carbocycles. The highest BCUT2D eigenvalue weighted by molar-refractivity contribution is 8.23. The first-order chi connectivity index (χ1) is 3.70. The van der Waals surface area contributed by atoms with Crippen LogP contribution in [0.25, 0.3) is 0 Å². The van der Waals surface area contributed by atoms with E-state index in [1.54, 1.807) is 11.8 Å². The predicted octanol–water partition coefficient (Wildman–Crippen LogP) is 1.38.